The Morgan fingerprint density at radius 3 is 2.56 bits per heavy atom. The number of thiazole rings is 1. The first kappa shape index (κ1) is 17.9. The smallest absolute Gasteiger partial charge is 0.250 e. The molecule has 1 N–H and O–H groups in total. The number of rotatable bonds is 4. The van der Waals surface area contributed by atoms with Crippen LogP contribution >= 0.6 is 34.5 Å². The first-order valence-corrected chi connectivity index (χ1v) is 9.35. The molecule has 0 bridgehead atoms. The van der Waals surface area contributed by atoms with Crippen molar-refractivity contribution in [2.24, 2.45) is 0 Å². The first-order valence-electron chi connectivity index (χ1n) is 7.77. The molecule has 0 radical (unpaired) electrons. The van der Waals surface area contributed by atoms with E-state index in [1.807, 2.05) is 18.2 Å². The van der Waals surface area contributed by atoms with Crippen LogP contribution in [-0.2, 0) is 4.79 Å². The molecule has 0 aliphatic carbocycles. The number of aromatic nitrogens is 1. The number of benzene rings is 2. The Morgan fingerprint density at radius 2 is 1.88 bits per heavy atom. The molecule has 0 atom stereocenters. The molecule has 0 saturated carbocycles. The van der Waals surface area contributed by atoms with Crippen LogP contribution in [0, 0.1) is 0 Å². The average Bonchev–Trinajstić information content (AvgIpc) is 3.00. The van der Waals surface area contributed by atoms with Crippen molar-refractivity contribution in [2.45, 2.75) is 19.8 Å². The molecule has 128 valence electrons. The van der Waals surface area contributed by atoms with Gasteiger partial charge in [-0.1, -0.05) is 72.7 Å². The highest BCUT2D eigenvalue weighted by Crippen LogP contribution is 2.35. The summed E-state index contributed by atoms with van der Waals surface area (Å²) in [4.78, 5) is 16.4. The second kappa shape index (κ2) is 7.56. The van der Waals surface area contributed by atoms with Gasteiger partial charge in [-0.05, 0) is 35.3 Å². The second-order valence-corrected chi connectivity index (χ2v) is 7.69. The second-order valence-electron chi connectivity index (χ2n) is 5.87. The van der Waals surface area contributed by atoms with Crippen LogP contribution in [0.15, 0.2) is 42.5 Å². The predicted octanol–water partition coefficient (Wildman–Crippen LogP) is 6.38. The lowest BCUT2D eigenvalue weighted by Gasteiger charge is -2.04. The molecule has 0 aliphatic rings. The number of carbonyl (C=O) groups excluding carboxylic acids is 1. The number of fused-ring (bicyclic) bond motifs is 1. The Hall–Kier alpha value is -1.88. The molecule has 2 aromatic carbocycles. The Labute approximate surface area is 160 Å². The fourth-order valence-electron chi connectivity index (χ4n) is 2.30. The van der Waals surface area contributed by atoms with Crippen LogP contribution in [-0.4, -0.2) is 10.9 Å². The first-order chi connectivity index (χ1) is 11.9. The van der Waals surface area contributed by atoms with E-state index in [0.29, 0.717) is 26.6 Å². The van der Waals surface area contributed by atoms with E-state index in [9.17, 15) is 4.79 Å². The van der Waals surface area contributed by atoms with Crippen molar-refractivity contribution in [3.63, 3.8) is 0 Å². The number of amides is 1. The molecule has 3 aromatic rings. The van der Waals surface area contributed by atoms with Gasteiger partial charge in [0.05, 0.1) is 14.7 Å². The molecule has 0 fully saturated rings. The Bertz CT molecular complexity index is 946. The molecule has 1 heterocycles. The third-order valence-corrected chi connectivity index (χ3v) is 5.44. The van der Waals surface area contributed by atoms with E-state index >= 15 is 0 Å². The van der Waals surface area contributed by atoms with Gasteiger partial charge < -0.3 is 0 Å². The number of nitrogens with one attached hydrogen (secondary N) is 1. The lowest BCUT2D eigenvalue weighted by molar-refractivity contribution is -0.111. The highest BCUT2D eigenvalue weighted by molar-refractivity contribution is 7.22. The number of anilines is 1. The van der Waals surface area contributed by atoms with Crippen LogP contribution in [0.4, 0.5) is 5.13 Å². The van der Waals surface area contributed by atoms with Gasteiger partial charge in [0.15, 0.2) is 5.13 Å². The minimum Gasteiger partial charge on any atom is -0.298 e. The number of hydrogen-bond acceptors (Lipinski definition) is 3. The molecule has 6 heteroatoms. The molecule has 1 aromatic heterocycles. The number of halogens is 2. The normalized spacial score (nSPS) is 11.6. The van der Waals surface area contributed by atoms with Gasteiger partial charge in [0.1, 0.15) is 5.52 Å². The quantitative estimate of drug-likeness (QED) is 0.525. The Kier molecular flexibility index (Phi) is 5.42. The molecule has 0 spiro atoms. The maximum Gasteiger partial charge on any atom is 0.250 e. The van der Waals surface area contributed by atoms with Crippen LogP contribution in [0.25, 0.3) is 16.3 Å². The SMILES string of the molecule is CC(C)c1ccc(/C=C/C(=O)Nc2nc3c(Cl)c(Cl)ccc3s2)cc1. The van der Waals surface area contributed by atoms with Crippen LogP contribution in [0.2, 0.25) is 10.0 Å². The fourth-order valence-corrected chi connectivity index (χ4v) is 3.59. The number of hydrogen-bond donors (Lipinski definition) is 1. The lowest BCUT2D eigenvalue weighted by atomic mass is 10.0. The monoisotopic (exact) mass is 390 g/mol. The van der Waals surface area contributed by atoms with E-state index in [0.717, 1.165) is 10.3 Å². The summed E-state index contributed by atoms with van der Waals surface area (Å²) in [5.41, 5.74) is 2.84. The van der Waals surface area contributed by atoms with E-state index in [1.165, 1.54) is 23.0 Å². The summed E-state index contributed by atoms with van der Waals surface area (Å²) >= 11 is 13.5. The third-order valence-electron chi connectivity index (χ3n) is 3.71. The van der Waals surface area contributed by atoms with Gasteiger partial charge in [0.2, 0.25) is 5.91 Å². The standard InChI is InChI=1S/C19H16Cl2N2OS/c1-11(2)13-6-3-12(4-7-13)5-10-16(24)22-19-23-18-15(25-19)9-8-14(20)17(18)21/h3-11H,1-2H3,(H,22,23,24)/b10-5+. The van der Waals surface area contributed by atoms with Crippen molar-refractivity contribution in [1.29, 1.82) is 0 Å². The van der Waals surface area contributed by atoms with Gasteiger partial charge in [-0.15, -0.1) is 0 Å². The van der Waals surface area contributed by atoms with Gasteiger partial charge in [0, 0.05) is 6.08 Å². The van der Waals surface area contributed by atoms with Gasteiger partial charge in [0.25, 0.3) is 0 Å². The van der Waals surface area contributed by atoms with Gasteiger partial charge in [-0.2, -0.15) is 0 Å². The summed E-state index contributed by atoms with van der Waals surface area (Å²) in [6, 6.07) is 11.7. The third kappa shape index (κ3) is 4.21. The zero-order valence-corrected chi connectivity index (χ0v) is 16.0. The van der Waals surface area contributed by atoms with Crippen molar-refractivity contribution in [1.82, 2.24) is 4.98 Å². The van der Waals surface area contributed by atoms with Crippen molar-refractivity contribution >= 4 is 61.9 Å². The molecule has 3 nitrogen and oxygen atoms in total. The number of carbonyl (C=O) groups is 1. The van der Waals surface area contributed by atoms with E-state index in [1.54, 1.807) is 12.1 Å². The zero-order valence-electron chi connectivity index (χ0n) is 13.7. The van der Waals surface area contributed by atoms with E-state index in [-0.39, 0.29) is 5.91 Å². The summed E-state index contributed by atoms with van der Waals surface area (Å²) in [7, 11) is 0. The van der Waals surface area contributed by atoms with Crippen LogP contribution in [0.3, 0.4) is 0 Å². The summed E-state index contributed by atoms with van der Waals surface area (Å²) in [6.07, 6.45) is 3.27. The van der Waals surface area contributed by atoms with Crippen molar-refractivity contribution in [2.75, 3.05) is 5.32 Å². The highest BCUT2D eigenvalue weighted by Gasteiger charge is 2.11. The van der Waals surface area contributed by atoms with Crippen molar-refractivity contribution < 1.29 is 4.79 Å². The summed E-state index contributed by atoms with van der Waals surface area (Å²) in [5, 5.41) is 4.09. The summed E-state index contributed by atoms with van der Waals surface area (Å²) in [5.74, 6) is 0.245. The molecule has 3 rings (SSSR count). The lowest BCUT2D eigenvalue weighted by Crippen LogP contribution is -2.07. The highest BCUT2D eigenvalue weighted by atomic mass is 35.5. The van der Waals surface area contributed by atoms with Crippen molar-refractivity contribution in [3.8, 4) is 0 Å². The minimum absolute atomic E-state index is 0.241. The maximum atomic E-state index is 12.1. The molecule has 0 aliphatic heterocycles. The summed E-state index contributed by atoms with van der Waals surface area (Å²) < 4.78 is 0.873. The zero-order chi connectivity index (χ0) is 18.0. The fraction of sp³-hybridized carbons (Fsp3) is 0.158. The molecular weight excluding hydrogens is 375 g/mol. The maximum absolute atomic E-state index is 12.1. The van der Waals surface area contributed by atoms with E-state index < -0.39 is 0 Å². The molecular formula is C19H16Cl2N2OS. The molecule has 0 unspecified atom stereocenters. The van der Waals surface area contributed by atoms with Crippen LogP contribution in [0.5, 0.6) is 0 Å². The minimum atomic E-state index is -0.241. The van der Waals surface area contributed by atoms with Crippen molar-refractivity contribution in [3.05, 3.63) is 63.6 Å². The van der Waals surface area contributed by atoms with E-state index in [4.69, 9.17) is 23.2 Å². The Balaban J connectivity index is 1.71. The van der Waals surface area contributed by atoms with Gasteiger partial charge in [-0.25, -0.2) is 4.98 Å². The largest absolute Gasteiger partial charge is 0.298 e. The van der Waals surface area contributed by atoms with Gasteiger partial charge in [-0.3, -0.25) is 10.1 Å². The molecule has 1 amide bonds. The van der Waals surface area contributed by atoms with Crippen LogP contribution in [0.1, 0.15) is 30.9 Å². The predicted molar refractivity (Wildman–Crippen MR) is 108 cm³/mol. The van der Waals surface area contributed by atoms with Gasteiger partial charge >= 0.3 is 0 Å². The topological polar surface area (TPSA) is 42.0 Å². The van der Waals surface area contributed by atoms with Crippen LogP contribution < -0.4 is 5.32 Å². The number of nitrogens with zero attached hydrogens (tertiary/aromatic N) is 1. The average molecular weight is 391 g/mol. The molecule has 0 saturated heterocycles. The van der Waals surface area contributed by atoms with E-state index in [2.05, 4.69) is 36.3 Å². The molecule has 25 heavy (non-hydrogen) atoms. The Morgan fingerprint density at radius 1 is 1.16 bits per heavy atom. The summed E-state index contributed by atoms with van der Waals surface area (Å²) in [6.45, 7) is 4.30.